The van der Waals surface area contributed by atoms with Crippen molar-refractivity contribution < 1.29 is 34.4 Å². The Hall–Kier alpha value is -1.31. The summed E-state index contributed by atoms with van der Waals surface area (Å²) in [5.74, 6) is 0.442. The number of nitrogens with one attached hydrogen (secondary N) is 1. The maximum Gasteiger partial charge on any atom is 1.00 e. The van der Waals surface area contributed by atoms with Crippen molar-refractivity contribution in [1.82, 2.24) is 5.32 Å². The van der Waals surface area contributed by atoms with E-state index in [9.17, 15) is 4.79 Å². The zero-order chi connectivity index (χ0) is 21.5. The van der Waals surface area contributed by atoms with Crippen LogP contribution in [0.3, 0.4) is 0 Å². The monoisotopic (exact) mass is 419 g/mol. The molecule has 0 saturated carbocycles. The van der Waals surface area contributed by atoms with Gasteiger partial charge in [-0.15, -0.1) is 0 Å². The molecule has 0 radical (unpaired) electrons. The number of amides is 1. The van der Waals surface area contributed by atoms with Crippen LogP contribution in [0, 0.1) is 38.2 Å². The van der Waals surface area contributed by atoms with E-state index in [4.69, 9.17) is 16.9 Å². The molecule has 29 heavy (non-hydrogen) atoms. The number of rotatable bonds is 5. The Bertz CT molecular complexity index is 735. The second-order valence-electron chi connectivity index (χ2n) is 6.04. The van der Waals surface area contributed by atoms with Crippen molar-refractivity contribution in [2.75, 3.05) is 0 Å². The Balaban J connectivity index is 0. The average molecular weight is 420 g/mol. The molecule has 1 amide bonds. The maximum absolute atomic E-state index is 11.9. The number of carbonyl (C=O) groups is 1. The van der Waals surface area contributed by atoms with Crippen LogP contribution in [0.1, 0.15) is 61.0 Å². The van der Waals surface area contributed by atoms with Crippen molar-refractivity contribution in [1.29, 1.82) is 5.26 Å². The minimum Gasteiger partial charge on any atom is -0.354 e. The number of nitriles is 1. The Morgan fingerprint density at radius 2 is 1.72 bits per heavy atom. The van der Waals surface area contributed by atoms with Gasteiger partial charge in [-0.1, -0.05) is 31.0 Å². The molecule has 0 aromatic heterocycles. The number of carbonyl (C=O) groups excluding carboxylic acids is 1. The molecule has 5 heteroatoms. The summed E-state index contributed by atoms with van der Waals surface area (Å²) in [6.07, 6.45) is 1.33. The molecule has 0 bridgehead atoms. The first kappa shape index (κ1) is 29.9. The van der Waals surface area contributed by atoms with E-state index < -0.39 is 0 Å². The fourth-order valence-electron chi connectivity index (χ4n) is 2.08. The minimum absolute atomic E-state index is 0. The molecular formula is C24H29ClN2NaO-3. The van der Waals surface area contributed by atoms with E-state index >= 15 is 0 Å². The van der Waals surface area contributed by atoms with E-state index in [-0.39, 0.29) is 41.5 Å². The van der Waals surface area contributed by atoms with Gasteiger partial charge in [0, 0.05) is 5.56 Å². The third-order valence-corrected chi connectivity index (χ3v) is 4.12. The molecule has 2 aromatic rings. The number of benzene rings is 2. The van der Waals surface area contributed by atoms with Gasteiger partial charge in [0.05, 0.1) is 6.07 Å². The van der Waals surface area contributed by atoms with Crippen LogP contribution in [0.25, 0.3) is 0 Å². The van der Waals surface area contributed by atoms with Gasteiger partial charge in [-0.3, -0.25) is 4.79 Å². The fourth-order valence-corrected chi connectivity index (χ4v) is 2.25. The Kier molecular flexibility index (Phi) is 18.1. The summed E-state index contributed by atoms with van der Waals surface area (Å²) < 4.78 is 0. The summed E-state index contributed by atoms with van der Waals surface area (Å²) in [7, 11) is 0. The zero-order valence-corrected chi connectivity index (χ0v) is 20.7. The van der Waals surface area contributed by atoms with Crippen LogP contribution in [-0.2, 0) is 0 Å². The summed E-state index contributed by atoms with van der Waals surface area (Å²) in [5, 5.41) is 11.7. The molecule has 3 nitrogen and oxygen atoms in total. The van der Waals surface area contributed by atoms with E-state index in [1.165, 1.54) is 5.56 Å². The molecule has 0 aliphatic rings. The third-order valence-electron chi connectivity index (χ3n) is 3.81. The molecule has 0 fully saturated rings. The van der Waals surface area contributed by atoms with Crippen molar-refractivity contribution in [3.8, 4) is 6.07 Å². The molecule has 1 N–H and O–H groups in total. The van der Waals surface area contributed by atoms with Crippen molar-refractivity contribution >= 4 is 17.5 Å². The van der Waals surface area contributed by atoms with E-state index in [1.54, 1.807) is 25.1 Å². The summed E-state index contributed by atoms with van der Waals surface area (Å²) in [6.45, 7) is 16.8. The molecule has 0 saturated heterocycles. The predicted molar refractivity (Wildman–Crippen MR) is 118 cm³/mol. The third kappa shape index (κ3) is 11.5. The summed E-state index contributed by atoms with van der Waals surface area (Å²) in [4.78, 5) is 11.9. The van der Waals surface area contributed by atoms with Gasteiger partial charge in [0.15, 0.2) is 0 Å². The number of nitrogens with zero attached hydrogens (tertiary/aromatic N) is 1. The van der Waals surface area contributed by atoms with Crippen LogP contribution in [0.15, 0.2) is 42.5 Å². The summed E-state index contributed by atoms with van der Waals surface area (Å²) in [5.41, 5.74) is 2.43. The van der Waals surface area contributed by atoms with Crippen molar-refractivity contribution in [3.63, 3.8) is 0 Å². The first-order valence-electron chi connectivity index (χ1n) is 9.18. The first-order chi connectivity index (χ1) is 13.4. The van der Waals surface area contributed by atoms with E-state index in [0.29, 0.717) is 34.9 Å². The standard InChI is InChI=1S/C15H21NO.C7H3ClN.C2H5.Na/c1-5-14(6-2)16-15(17)13-9-7-12(8-10-13)11(3)4;8-7-4-2-1-3-6(7)5-9;1-2;/h7-11,14H,1-2,5-6H2,3-4H3,(H,16,17);1,3-4H;1H2,2H3;/q-2;2*-1;+1. The molecule has 0 heterocycles. The van der Waals surface area contributed by atoms with Gasteiger partial charge in [-0.25, -0.2) is 0 Å². The summed E-state index contributed by atoms with van der Waals surface area (Å²) in [6, 6.07) is 17.4. The molecule has 2 aromatic carbocycles. The quantitative estimate of drug-likeness (QED) is 0.597. The van der Waals surface area contributed by atoms with E-state index in [2.05, 4.69) is 46.0 Å². The smallest absolute Gasteiger partial charge is 0.354 e. The molecule has 152 valence electrons. The average Bonchev–Trinajstić information content (AvgIpc) is 2.74. The van der Waals surface area contributed by atoms with Crippen LogP contribution in [0.4, 0.5) is 0 Å². The number of halogens is 1. The van der Waals surface area contributed by atoms with E-state index in [1.807, 2.05) is 30.3 Å². The first-order valence-corrected chi connectivity index (χ1v) is 9.56. The zero-order valence-electron chi connectivity index (χ0n) is 18.0. The molecular weight excluding hydrogens is 391 g/mol. The minimum atomic E-state index is -0.0439. The Morgan fingerprint density at radius 3 is 2.10 bits per heavy atom. The molecule has 0 unspecified atom stereocenters. The van der Waals surface area contributed by atoms with Crippen LogP contribution < -0.4 is 34.9 Å². The number of hydrogen-bond acceptors (Lipinski definition) is 2. The SMILES string of the molecule is N#Cc1cc[c-]cc1Cl.[CH2-]C.[CH2-]CC(C[CH2-])NC(=O)c1ccc(C(C)C)cc1.[Na+]. The molecule has 0 spiro atoms. The van der Waals surface area contributed by atoms with E-state index in [0.717, 1.165) is 0 Å². The van der Waals surface area contributed by atoms with Gasteiger partial charge in [-0.2, -0.15) is 60.9 Å². The maximum atomic E-state index is 11.9. The molecule has 0 aliphatic carbocycles. The van der Waals surface area contributed by atoms with Gasteiger partial charge in [0.1, 0.15) is 0 Å². The summed E-state index contributed by atoms with van der Waals surface area (Å²) >= 11 is 5.57. The fraction of sp³-hybridized carbons (Fsp3) is 0.292. The second-order valence-corrected chi connectivity index (χ2v) is 6.45. The van der Waals surface area contributed by atoms with Crippen LogP contribution in [0.2, 0.25) is 5.02 Å². The normalized spacial score (nSPS) is 9.24. The Morgan fingerprint density at radius 1 is 1.17 bits per heavy atom. The van der Waals surface area contributed by atoms with Crippen molar-refractivity contribution in [2.45, 2.75) is 45.6 Å². The van der Waals surface area contributed by atoms with Crippen LogP contribution >= 0.6 is 11.6 Å². The van der Waals surface area contributed by atoms with Gasteiger partial charge in [0.25, 0.3) is 5.91 Å². The predicted octanol–water partition coefficient (Wildman–Crippen LogP) is 3.21. The van der Waals surface area contributed by atoms with Crippen molar-refractivity contribution in [2.24, 2.45) is 0 Å². The van der Waals surface area contributed by atoms with Gasteiger partial charge in [-0.05, 0) is 35.2 Å². The van der Waals surface area contributed by atoms with Crippen LogP contribution in [0.5, 0.6) is 0 Å². The van der Waals surface area contributed by atoms with Crippen LogP contribution in [-0.4, -0.2) is 11.9 Å². The number of hydrogen-bond donors (Lipinski definition) is 1. The molecule has 2 rings (SSSR count). The molecule has 0 atom stereocenters. The topological polar surface area (TPSA) is 52.9 Å². The van der Waals surface area contributed by atoms with Crippen molar-refractivity contribution in [3.05, 3.63) is 91.0 Å². The molecule has 0 aliphatic heterocycles. The van der Waals surface area contributed by atoms with Gasteiger partial charge in [0.2, 0.25) is 0 Å². The second kappa shape index (κ2) is 17.5. The largest absolute Gasteiger partial charge is 1.00 e. The van der Waals surface area contributed by atoms with Gasteiger partial charge >= 0.3 is 29.6 Å². The Labute approximate surface area is 204 Å². The van der Waals surface area contributed by atoms with Gasteiger partial charge < -0.3 is 26.1 Å².